The molecule has 1 saturated heterocycles. The maximum Gasteiger partial charge on any atom is 0.401 e. The van der Waals surface area contributed by atoms with Crippen molar-refractivity contribution in [3.63, 3.8) is 0 Å². The minimum absolute atomic E-state index is 0.149. The number of hydrogen-bond acceptors (Lipinski definition) is 3. The first-order chi connectivity index (χ1) is 7.81. The predicted molar refractivity (Wildman–Crippen MR) is 66.5 cm³/mol. The first-order valence-corrected chi connectivity index (χ1v) is 7.01. The highest BCUT2D eigenvalue weighted by Gasteiger charge is 2.30. The van der Waals surface area contributed by atoms with Crippen molar-refractivity contribution in [3.8, 4) is 0 Å². The van der Waals surface area contributed by atoms with Crippen molar-refractivity contribution in [2.45, 2.75) is 44.3 Å². The first-order valence-electron chi connectivity index (χ1n) is 5.96. The van der Waals surface area contributed by atoms with Gasteiger partial charge in [0.15, 0.2) is 0 Å². The number of thioether (sulfide) groups is 1. The van der Waals surface area contributed by atoms with Crippen molar-refractivity contribution < 1.29 is 13.2 Å². The van der Waals surface area contributed by atoms with E-state index in [0.29, 0.717) is 17.8 Å². The topological polar surface area (TPSA) is 15.3 Å². The molecule has 6 heteroatoms. The number of rotatable bonds is 4. The Morgan fingerprint density at radius 1 is 1.41 bits per heavy atom. The molecule has 102 valence electrons. The normalized spacial score (nSPS) is 29.3. The van der Waals surface area contributed by atoms with E-state index in [0.717, 1.165) is 12.3 Å². The van der Waals surface area contributed by atoms with Gasteiger partial charge < -0.3 is 5.32 Å². The van der Waals surface area contributed by atoms with E-state index in [-0.39, 0.29) is 6.04 Å². The molecule has 1 aliphatic rings. The molecule has 0 aromatic carbocycles. The Labute approximate surface area is 105 Å². The molecule has 1 heterocycles. The standard InChI is InChI=1S/C11H21F3N2S/c1-8(6-15-7-11(12,13)14)16-4-5-17-10(3)9(16)2/h8-10,15H,4-7H2,1-3H3. The summed E-state index contributed by atoms with van der Waals surface area (Å²) in [5.74, 6) is 1.06. The average Bonchev–Trinajstić information content (AvgIpc) is 2.20. The summed E-state index contributed by atoms with van der Waals surface area (Å²) >= 11 is 1.93. The quantitative estimate of drug-likeness (QED) is 0.844. The van der Waals surface area contributed by atoms with E-state index in [1.165, 1.54) is 0 Å². The van der Waals surface area contributed by atoms with Gasteiger partial charge in [-0.15, -0.1) is 0 Å². The fourth-order valence-corrected chi connectivity index (χ4v) is 3.24. The predicted octanol–water partition coefficient (Wildman–Crippen LogP) is 2.35. The third-order valence-electron chi connectivity index (χ3n) is 3.26. The molecule has 0 spiro atoms. The summed E-state index contributed by atoms with van der Waals surface area (Å²) in [6.07, 6.45) is -4.11. The van der Waals surface area contributed by atoms with Crippen LogP contribution in [0.4, 0.5) is 13.2 Å². The van der Waals surface area contributed by atoms with Crippen LogP contribution in [0.25, 0.3) is 0 Å². The molecule has 1 fully saturated rings. The lowest BCUT2D eigenvalue weighted by molar-refractivity contribution is -0.125. The van der Waals surface area contributed by atoms with Crippen LogP contribution in [0.3, 0.4) is 0 Å². The van der Waals surface area contributed by atoms with Crippen LogP contribution in [0.5, 0.6) is 0 Å². The highest BCUT2D eigenvalue weighted by Crippen LogP contribution is 2.25. The number of alkyl halides is 3. The van der Waals surface area contributed by atoms with E-state index < -0.39 is 12.7 Å². The van der Waals surface area contributed by atoms with Crippen LogP contribution < -0.4 is 5.32 Å². The molecule has 1 N–H and O–H groups in total. The van der Waals surface area contributed by atoms with E-state index in [2.05, 4.69) is 24.1 Å². The summed E-state index contributed by atoms with van der Waals surface area (Å²) < 4.78 is 36.0. The number of hydrogen-bond donors (Lipinski definition) is 1. The largest absolute Gasteiger partial charge is 0.401 e. The SMILES string of the molecule is CC1SCCN(C(C)CNCC(F)(F)F)C1C. The number of halogens is 3. The van der Waals surface area contributed by atoms with Gasteiger partial charge in [0.05, 0.1) is 6.54 Å². The zero-order valence-electron chi connectivity index (χ0n) is 10.5. The van der Waals surface area contributed by atoms with Crippen molar-refractivity contribution in [3.05, 3.63) is 0 Å². The summed E-state index contributed by atoms with van der Waals surface area (Å²) in [5.41, 5.74) is 0. The Bertz CT molecular complexity index is 235. The zero-order valence-corrected chi connectivity index (χ0v) is 11.4. The Morgan fingerprint density at radius 2 is 2.06 bits per heavy atom. The maximum absolute atomic E-state index is 12.0. The minimum Gasteiger partial charge on any atom is -0.307 e. The maximum atomic E-state index is 12.0. The Balaban J connectivity index is 2.34. The lowest BCUT2D eigenvalue weighted by Crippen LogP contribution is -2.52. The second kappa shape index (κ2) is 6.29. The van der Waals surface area contributed by atoms with E-state index in [1.54, 1.807) is 0 Å². The number of nitrogens with one attached hydrogen (secondary N) is 1. The highest BCUT2D eigenvalue weighted by molar-refractivity contribution is 8.00. The van der Waals surface area contributed by atoms with Crippen molar-refractivity contribution in [2.75, 3.05) is 25.4 Å². The van der Waals surface area contributed by atoms with Gasteiger partial charge in [-0.25, -0.2) is 0 Å². The van der Waals surface area contributed by atoms with Gasteiger partial charge in [-0.3, -0.25) is 4.90 Å². The Kier molecular flexibility index (Phi) is 5.60. The summed E-state index contributed by atoms with van der Waals surface area (Å²) in [7, 11) is 0. The summed E-state index contributed by atoms with van der Waals surface area (Å²) in [4.78, 5) is 2.30. The monoisotopic (exact) mass is 270 g/mol. The number of nitrogens with zero attached hydrogens (tertiary/aromatic N) is 1. The van der Waals surface area contributed by atoms with Crippen molar-refractivity contribution in [2.24, 2.45) is 0 Å². The molecule has 17 heavy (non-hydrogen) atoms. The smallest absolute Gasteiger partial charge is 0.307 e. The molecule has 0 aromatic heterocycles. The Morgan fingerprint density at radius 3 is 2.65 bits per heavy atom. The lowest BCUT2D eigenvalue weighted by Gasteiger charge is -2.41. The first kappa shape index (κ1) is 15.1. The van der Waals surface area contributed by atoms with Crippen LogP contribution in [0.1, 0.15) is 20.8 Å². The van der Waals surface area contributed by atoms with Gasteiger partial charge in [0.25, 0.3) is 0 Å². The van der Waals surface area contributed by atoms with Crippen LogP contribution >= 0.6 is 11.8 Å². The molecule has 0 aliphatic carbocycles. The van der Waals surface area contributed by atoms with Crippen LogP contribution in [-0.4, -0.2) is 53.8 Å². The van der Waals surface area contributed by atoms with Crippen LogP contribution in [0, 0.1) is 0 Å². The molecule has 3 unspecified atom stereocenters. The van der Waals surface area contributed by atoms with Gasteiger partial charge in [0, 0.05) is 36.2 Å². The average molecular weight is 270 g/mol. The van der Waals surface area contributed by atoms with Gasteiger partial charge in [0.2, 0.25) is 0 Å². The fourth-order valence-electron chi connectivity index (χ4n) is 2.12. The van der Waals surface area contributed by atoms with E-state index in [4.69, 9.17) is 0 Å². The van der Waals surface area contributed by atoms with E-state index >= 15 is 0 Å². The van der Waals surface area contributed by atoms with E-state index in [9.17, 15) is 13.2 Å². The lowest BCUT2D eigenvalue weighted by atomic mass is 10.1. The summed E-state index contributed by atoms with van der Waals surface area (Å²) in [5, 5.41) is 3.03. The van der Waals surface area contributed by atoms with Crippen LogP contribution in [0.15, 0.2) is 0 Å². The van der Waals surface area contributed by atoms with Crippen LogP contribution in [0.2, 0.25) is 0 Å². The molecule has 1 aliphatic heterocycles. The molecule has 0 radical (unpaired) electrons. The zero-order chi connectivity index (χ0) is 13.1. The van der Waals surface area contributed by atoms with Crippen molar-refractivity contribution in [1.82, 2.24) is 10.2 Å². The third kappa shape index (κ3) is 5.06. The summed E-state index contributed by atoms with van der Waals surface area (Å²) in [6, 6.07) is 0.576. The molecule has 0 bridgehead atoms. The minimum atomic E-state index is -4.11. The van der Waals surface area contributed by atoms with E-state index in [1.807, 2.05) is 18.7 Å². The van der Waals surface area contributed by atoms with Gasteiger partial charge >= 0.3 is 6.18 Å². The molecule has 0 amide bonds. The van der Waals surface area contributed by atoms with Crippen molar-refractivity contribution >= 4 is 11.8 Å². The molecular formula is C11H21F3N2S. The summed E-state index contributed by atoms with van der Waals surface area (Å²) in [6.45, 7) is 6.77. The van der Waals surface area contributed by atoms with Crippen LogP contribution in [-0.2, 0) is 0 Å². The molecule has 0 saturated carbocycles. The van der Waals surface area contributed by atoms with Gasteiger partial charge in [-0.05, 0) is 13.8 Å². The second-order valence-corrected chi connectivity index (χ2v) is 6.13. The molecule has 1 rings (SSSR count). The second-order valence-electron chi connectivity index (χ2n) is 4.65. The van der Waals surface area contributed by atoms with Gasteiger partial charge in [0.1, 0.15) is 0 Å². The molecule has 0 aromatic rings. The highest BCUT2D eigenvalue weighted by atomic mass is 32.2. The Hall–Kier alpha value is 0.0600. The third-order valence-corrected chi connectivity index (χ3v) is 4.60. The molecular weight excluding hydrogens is 249 g/mol. The van der Waals surface area contributed by atoms with Gasteiger partial charge in [-0.1, -0.05) is 6.92 Å². The molecule has 3 atom stereocenters. The fraction of sp³-hybridized carbons (Fsp3) is 1.00. The molecule has 2 nitrogen and oxygen atoms in total. The van der Waals surface area contributed by atoms with Crippen molar-refractivity contribution in [1.29, 1.82) is 0 Å². The van der Waals surface area contributed by atoms with Gasteiger partial charge in [-0.2, -0.15) is 24.9 Å².